The minimum absolute atomic E-state index is 0.0478. The molecule has 1 aliphatic heterocycles. The van der Waals surface area contributed by atoms with Gasteiger partial charge in [-0.1, -0.05) is 37.0 Å². The van der Waals surface area contributed by atoms with Gasteiger partial charge in [0, 0.05) is 19.6 Å². The Bertz CT molecular complexity index is 555. The van der Waals surface area contributed by atoms with Crippen LogP contribution in [0.4, 0.5) is 0 Å². The minimum atomic E-state index is -1.31. The van der Waals surface area contributed by atoms with E-state index in [-0.39, 0.29) is 6.61 Å². The highest BCUT2D eigenvalue weighted by Crippen LogP contribution is 2.31. The highest BCUT2D eigenvalue weighted by atomic mass is 16.5. The van der Waals surface area contributed by atoms with E-state index in [1.165, 1.54) is 6.42 Å². The molecule has 0 unspecified atom stereocenters. The first-order valence-electron chi connectivity index (χ1n) is 9.43. The Labute approximate surface area is 150 Å². The Morgan fingerprint density at radius 1 is 1.12 bits per heavy atom. The number of β-amino-alcohol motifs (C(OH)–C–C–N with tert-alkyl or cyclic N) is 2. The van der Waals surface area contributed by atoms with Crippen molar-refractivity contribution in [3.05, 3.63) is 29.8 Å². The molecule has 25 heavy (non-hydrogen) atoms. The van der Waals surface area contributed by atoms with Gasteiger partial charge in [-0.15, -0.1) is 0 Å². The molecule has 1 saturated heterocycles. The molecule has 3 rings (SSSR count). The van der Waals surface area contributed by atoms with Crippen molar-refractivity contribution in [3.8, 4) is 5.75 Å². The predicted molar refractivity (Wildman–Crippen MR) is 96.7 cm³/mol. The zero-order valence-corrected chi connectivity index (χ0v) is 15.2. The number of rotatable bonds is 5. The van der Waals surface area contributed by atoms with Crippen molar-refractivity contribution in [1.82, 2.24) is 4.90 Å². The lowest BCUT2D eigenvalue weighted by molar-refractivity contribution is -0.149. The van der Waals surface area contributed by atoms with Gasteiger partial charge in [0.15, 0.2) is 0 Å². The summed E-state index contributed by atoms with van der Waals surface area (Å²) in [5.74, 6) is 0.689. The number of benzene rings is 1. The smallest absolute Gasteiger partial charge is 0.137 e. The van der Waals surface area contributed by atoms with Crippen molar-refractivity contribution in [2.24, 2.45) is 0 Å². The van der Waals surface area contributed by atoms with Crippen LogP contribution in [0.3, 0.4) is 0 Å². The topological polar surface area (TPSA) is 73.2 Å². The molecule has 0 spiro atoms. The van der Waals surface area contributed by atoms with Gasteiger partial charge in [-0.25, -0.2) is 0 Å². The third-order valence-corrected chi connectivity index (χ3v) is 5.65. The van der Waals surface area contributed by atoms with Crippen LogP contribution in [0.5, 0.6) is 5.75 Å². The molecule has 2 atom stereocenters. The average molecular weight is 349 g/mol. The maximum absolute atomic E-state index is 10.9. The van der Waals surface area contributed by atoms with Crippen molar-refractivity contribution < 1.29 is 20.1 Å². The first kappa shape index (κ1) is 18.6. The molecule has 1 heterocycles. The summed E-state index contributed by atoms with van der Waals surface area (Å²) in [5.41, 5.74) is -0.816. The SMILES string of the molecule is Cc1ccc(OC[C@@]2(O)CN(CC3(O)CCCCC3)CC[C@@H]2O)cc1. The molecule has 140 valence electrons. The lowest BCUT2D eigenvalue weighted by Gasteiger charge is -2.45. The number of piperidine rings is 1. The molecule has 1 aromatic carbocycles. The Hall–Kier alpha value is -1.14. The number of aliphatic hydroxyl groups excluding tert-OH is 1. The van der Waals surface area contributed by atoms with Crippen molar-refractivity contribution in [2.75, 3.05) is 26.2 Å². The summed E-state index contributed by atoms with van der Waals surface area (Å²) in [6, 6.07) is 7.66. The maximum atomic E-state index is 10.9. The third kappa shape index (κ3) is 4.73. The molecule has 0 radical (unpaired) electrons. The molecule has 5 heteroatoms. The number of aliphatic hydroxyl groups is 3. The Kier molecular flexibility index (Phi) is 5.68. The van der Waals surface area contributed by atoms with Crippen LogP contribution in [-0.2, 0) is 0 Å². The van der Waals surface area contributed by atoms with E-state index in [0.717, 1.165) is 31.2 Å². The van der Waals surface area contributed by atoms with Crippen LogP contribution in [0.2, 0.25) is 0 Å². The predicted octanol–water partition coefficient (Wildman–Crippen LogP) is 1.87. The van der Waals surface area contributed by atoms with Gasteiger partial charge in [-0.3, -0.25) is 4.90 Å². The summed E-state index contributed by atoms with van der Waals surface area (Å²) in [6.45, 7) is 3.63. The molecule has 5 nitrogen and oxygen atoms in total. The molecule has 1 aliphatic carbocycles. The van der Waals surface area contributed by atoms with Crippen LogP contribution < -0.4 is 4.74 Å². The van der Waals surface area contributed by atoms with Crippen molar-refractivity contribution >= 4 is 0 Å². The van der Waals surface area contributed by atoms with E-state index in [0.29, 0.717) is 31.8 Å². The first-order valence-corrected chi connectivity index (χ1v) is 9.43. The van der Waals surface area contributed by atoms with Crippen LogP contribution in [0.1, 0.15) is 44.1 Å². The van der Waals surface area contributed by atoms with Gasteiger partial charge >= 0.3 is 0 Å². The van der Waals surface area contributed by atoms with Crippen molar-refractivity contribution in [1.29, 1.82) is 0 Å². The molecule has 1 aromatic rings. The second-order valence-electron chi connectivity index (χ2n) is 8.01. The second-order valence-corrected chi connectivity index (χ2v) is 8.01. The van der Waals surface area contributed by atoms with E-state index >= 15 is 0 Å². The highest BCUT2D eigenvalue weighted by molar-refractivity contribution is 5.26. The number of ether oxygens (including phenoxy) is 1. The minimum Gasteiger partial charge on any atom is -0.490 e. The van der Waals surface area contributed by atoms with Gasteiger partial charge in [0.25, 0.3) is 0 Å². The zero-order valence-electron chi connectivity index (χ0n) is 15.2. The Morgan fingerprint density at radius 3 is 2.48 bits per heavy atom. The van der Waals surface area contributed by atoms with Crippen LogP contribution in [0, 0.1) is 6.92 Å². The highest BCUT2D eigenvalue weighted by Gasteiger charge is 2.44. The zero-order chi connectivity index (χ0) is 17.9. The van der Waals surface area contributed by atoms with Crippen LogP contribution in [0.15, 0.2) is 24.3 Å². The van der Waals surface area contributed by atoms with E-state index in [2.05, 4.69) is 4.90 Å². The molecular weight excluding hydrogens is 318 g/mol. The van der Waals surface area contributed by atoms with Crippen molar-refractivity contribution in [2.45, 2.75) is 62.8 Å². The second kappa shape index (κ2) is 7.62. The van der Waals surface area contributed by atoms with E-state index in [4.69, 9.17) is 4.74 Å². The van der Waals surface area contributed by atoms with Gasteiger partial charge in [-0.05, 0) is 38.3 Å². The normalized spacial score (nSPS) is 30.2. The summed E-state index contributed by atoms with van der Waals surface area (Å²) in [5, 5.41) is 32.0. The van der Waals surface area contributed by atoms with Gasteiger partial charge in [0.1, 0.15) is 18.0 Å². The Balaban J connectivity index is 1.59. The van der Waals surface area contributed by atoms with Crippen LogP contribution >= 0.6 is 0 Å². The quantitative estimate of drug-likeness (QED) is 0.757. The average Bonchev–Trinajstić information content (AvgIpc) is 2.58. The van der Waals surface area contributed by atoms with Gasteiger partial charge in [-0.2, -0.15) is 0 Å². The molecule has 0 aromatic heterocycles. The van der Waals surface area contributed by atoms with Gasteiger partial charge in [0.05, 0.1) is 11.7 Å². The van der Waals surface area contributed by atoms with Gasteiger partial charge in [0.2, 0.25) is 0 Å². The van der Waals surface area contributed by atoms with Crippen LogP contribution in [-0.4, -0.2) is 63.8 Å². The van der Waals surface area contributed by atoms with E-state index in [1.54, 1.807) is 0 Å². The lowest BCUT2D eigenvalue weighted by atomic mass is 9.83. The summed E-state index contributed by atoms with van der Waals surface area (Å²) >= 11 is 0. The Morgan fingerprint density at radius 2 is 1.80 bits per heavy atom. The van der Waals surface area contributed by atoms with E-state index in [9.17, 15) is 15.3 Å². The van der Waals surface area contributed by atoms with E-state index in [1.807, 2.05) is 31.2 Å². The fourth-order valence-corrected chi connectivity index (χ4v) is 4.05. The summed E-state index contributed by atoms with van der Waals surface area (Å²) < 4.78 is 5.74. The number of likely N-dealkylation sites (tertiary alicyclic amines) is 1. The molecule has 1 saturated carbocycles. The first-order chi connectivity index (χ1) is 11.9. The largest absolute Gasteiger partial charge is 0.490 e. The number of nitrogens with zero attached hydrogens (tertiary/aromatic N) is 1. The number of hydrogen-bond donors (Lipinski definition) is 3. The summed E-state index contributed by atoms with van der Waals surface area (Å²) in [4.78, 5) is 2.08. The van der Waals surface area contributed by atoms with Crippen LogP contribution in [0.25, 0.3) is 0 Å². The van der Waals surface area contributed by atoms with Gasteiger partial charge < -0.3 is 20.1 Å². The summed E-state index contributed by atoms with van der Waals surface area (Å²) in [6.07, 6.45) is 4.64. The molecule has 3 N–H and O–H groups in total. The standard InChI is InChI=1S/C20H31NO4/c1-16-5-7-17(8-6-16)25-15-20(24)14-21(12-9-18(20)22)13-19(23)10-3-2-4-11-19/h5-8,18,22-24H,2-4,9-15H2,1H3/t18-,20-/m0/s1. The monoisotopic (exact) mass is 349 g/mol. The van der Waals surface area contributed by atoms with Crippen molar-refractivity contribution in [3.63, 3.8) is 0 Å². The number of hydrogen-bond acceptors (Lipinski definition) is 5. The molecular formula is C20H31NO4. The molecule has 2 aliphatic rings. The molecule has 2 fully saturated rings. The molecule has 0 bridgehead atoms. The summed E-state index contributed by atoms with van der Waals surface area (Å²) in [7, 11) is 0. The fourth-order valence-electron chi connectivity index (χ4n) is 4.05. The maximum Gasteiger partial charge on any atom is 0.137 e. The van der Waals surface area contributed by atoms with E-state index < -0.39 is 17.3 Å². The number of aryl methyl sites for hydroxylation is 1. The molecule has 0 amide bonds. The lowest BCUT2D eigenvalue weighted by Crippen LogP contribution is -2.62. The third-order valence-electron chi connectivity index (χ3n) is 5.65. The fraction of sp³-hybridized carbons (Fsp3) is 0.700.